The summed E-state index contributed by atoms with van der Waals surface area (Å²) in [7, 11) is 6.00. The van der Waals surface area contributed by atoms with Gasteiger partial charge in [0.05, 0.1) is 0 Å². The minimum Gasteiger partial charge on any atom is -0.388 e. The Labute approximate surface area is 120 Å². The third-order valence-corrected chi connectivity index (χ3v) is 2.26. The fourth-order valence-corrected chi connectivity index (χ4v) is 1.40. The first-order valence-corrected chi connectivity index (χ1v) is 6.57. The summed E-state index contributed by atoms with van der Waals surface area (Å²) in [4.78, 5) is 2.00. The summed E-state index contributed by atoms with van der Waals surface area (Å²) >= 11 is 4.72. The molecule has 2 heterocycles. The molecule has 2 aliphatic rings. The highest BCUT2D eigenvalue weighted by molar-refractivity contribution is 7.79. The van der Waals surface area contributed by atoms with Gasteiger partial charge in [-0.1, -0.05) is 12.2 Å². The second-order valence-electron chi connectivity index (χ2n) is 4.40. The van der Waals surface area contributed by atoms with E-state index in [9.17, 15) is 0 Å². The van der Waals surface area contributed by atoms with Crippen LogP contribution in [-0.2, 0) is 0 Å². The van der Waals surface area contributed by atoms with Crippen LogP contribution in [0.15, 0.2) is 10.2 Å². The molecule has 1 atom stereocenters. The molecule has 8 heteroatoms. The number of hydrazone groups is 2. The first kappa shape index (κ1) is 17.9. The van der Waals surface area contributed by atoms with Crippen LogP contribution < -0.4 is 16.2 Å². The number of thiocarbonyl (C=S) groups is 1. The molecule has 1 unspecified atom stereocenters. The van der Waals surface area contributed by atoms with Crippen molar-refractivity contribution < 1.29 is 5.11 Å². The van der Waals surface area contributed by atoms with Crippen molar-refractivity contribution in [2.24, 2.45) is 10.2 Å². The molecule has 2 rings (SSSR count). The third kappa shape index (κ3) is 11.7. The van der Waals surface area contributed by atoms with Gasteiger partial charge in [0, 0.05) is 6.04 Å². The molecule has 0 amide bonds. The van der Waals surface area contributed by atoms with Gasteiger partial charge < -0.3 is 15.3 Å². The predicted octanol–water partition coefficient (Wildman–Crippen LogP) is -0.656. The Balaban J connectivity index is 0.000000272. The van der Waals surface area contributed by atoms with E-state index in [1.165, 1.54) is 19.2 Å². The number of nitrogens with one attached hydrogen (secondary N) is 3. The number of aliphatic hydroxyl groups is 1. The number of nitrogens with zero attached hydrogens (tertiary/aromatic N) is 3. The summed E-state index contributed by atoms with van der Waals surface area (Å²) in [5.74, 6) is 0.424. The van der Waals surface area contributed by atoms with Crippen molar-refractivity contribution >= 4 is 29.8 Å². The lowest BCUT2D eigenvalue weighted by molar-refractivity contribution is 0.352. The van der Waals surface area contributed by atoms with Crippen LogP contribution in [0.2, 0.25) is 0 Å². The van der Waals surface area contributed by atoms with Crippen LogP contribution in [0.3, 0.4) is 0 Å². The average Bonchev–Trinajstić information content (AvgIpc) is 2.93. The Hall–Kier alpha value is -1.09. The normalized spacial score (nSPS) is 20.1. The fraction of sp³-hybridized carbons (Fsp3) is 0.727. The number of amidine groups is 1. The molecule has 0 spiro atoms. The zero-order valence-corrected chi connectivity index (χ0v) is 12.6. The molecule has 0 aromatic rings. The van der Waals surface area contributed by atoms with E-state index in [4.69, 9.17) is 17.3 Å². The lowest BCUT2D eigenvalue weighted by Gasteiger charge is -2.04. The minimum absolute atomic E-state index is 0.121. The largest absolute Gasteiger partial charge is 0.388 e. The van der Waals surface area contributed by atoms with Crippen molar-refractivity contribution in [3.05, 3.63) is 0 Å². The van der Waals surface area contributed by atoms with Crippen molar-refractivity contribution in [3.8, 4) is 0 Å². The zero-order chi connectivity index (χ0) is 14.5. The fourth-order valence-electron chi connectivity index (χ4n) is 1.17. The van der Waals surface area contributed by atoms with Crippen molar-refractivity contribution in [1.29, 1.82) is 0 Å². The Morgan fingerprint density at radius 3 is 2.47 bits per heavy atom. The smallest absolute Gasteiger partial charge is 0.168 e. The van der Waals surface area contributed by atoms with E-state index < -0.39 is 0 Å². The van der Waals surface area contributed by atoms with Gasteiger partial charge in [0.2, 0.25) is 0 Å². The molecule has 110 valence electrons. The first-order chi connectivity index (χ1) is 9.10. The molecule has 0 radical (unpaired) electrons. The van der Waals surface area contributed by atoms with Gasteiger partial charge in [0.25, 0.3) is 0 Å². The Morgan fingerprint density at radius 1 is 1.53 bits per heavy atom. The quantitative estimate of drug-likeness (QED) is 0.505. The molecule has 0 saturated carbocycles. The van der Waals surface area contributed by atoms with E-state index in [1.807, 2.05) is 31.4 Å². The molecule has 4 N–H and O–H groups in total. The summed E-state index contributed by atoms with van der Waals surface area (Å²) in [5.41, 5.74) is 4.94. The minimum atomic E-state index is -0.121. The van der Waals surface area contributed by atoms with Gasteiger partial charge in [-0.25, -0.2) is 0 Å². The zero-order valence-electron chi connectivity index (χ0n) is 11.8. The highest BCUT2D eigenvalue weighted by atomic mass is 32.1. The number of aliphatic hydroxyl groups excluding tert-OH is 1. The van der Waals surface area contributed by atoms with Crippen LogP contribution in [0.5, 0.6) is 0 Å². The summed E-state index contributed by atoms with van der Waals surface area (Å²) in [6.07, 6.45) is 3.92. The second-order valence-corrected chi connectivity index (χ2v) is 4.67. The van der Waals surface area contributed by atoms with Gasteiger partial charge in [-0.3, -0.25) is 10.9 Å². The standard InChI is InChI=1S/C5H9NS.C3H6N4O.C3H9N/c7-4-5-2-1-3-6-5;8-1-3-6-4-2-5-7-3;1-4(2)3/h4-6H,1-3H2;2,8H,1H2,(H,4,5)(H,6,7);1-3H3. The molecule has 2 aliphatic heterocycles. The second kappa shape index (κ2) is 12.0. The molecule has 7 nitrogen and oxygen atoms in total. The SMILES string of the molecule is CN(C)C.OCC1=NNC=NN1.S=CC1CCCN1. The molecule has 1 saturated heterocycles. The Kier molecular flexibility index (Phi) is 11.3. The van der Waals surface area contributed by atoms with Gasteiger partial charge in [-0.15, -0.1) is 0 Å². The third-order valence-electron chi connectivity index (χ3n) is 1.93. The maximum Gasteiger partial charge on any atom is 0.168 e. The number of hydrogen-bond acceptors (Lipinski definition) is 8. The van der Waals surface area contributed by atoms with Crippen LogP contribution in [0, 0.1) is 0 Å². The predicted molar refractivity (Wildman–Crippen MR) is 83.6 cm³/mol. The van der Waals surface area contributed by atoms with Gasteiger partial charge in [-0.05, 0) is 45.9 Å². The van der Waals surface area contributed by atoms with E-state index in [0.29, 0.717) is 11.9 Å². The molecule has 0 aromatic heterocycles. The monoisotopic (exact) mass is 288 g/mol. The molecule has 0 bridgehead atoms. The van der Waals surface area contributed by atoms with E-state index in [-0.39, 0.29) is 6.61 Å². The maximum absolute atomic E-state index is 8.38. The number of rotatable bonds is 2. The van der Waals surface area contributed by atoms with Crippen molar-refractivity contribution in [3.63, 3.8) is 0 Å². The molecular formula is C11H24N6OS. The van der Waals surface area contributed by atoms with E-state index in [0.717, 1.165) is 6.54 Å². The molecular weight excluding hydrogens is 264 g/mol. The number of hydrogen-bond donors (Lipinski definition) is 4. The Morgan fingerprint density at radius 2 is 2.21 bits per heavy atom. The summed E-state index contributed by atoms with van der Waals surface area (Å²) in [6.45, 7) is 1.03. The summed E-state index contributed by atoms with van der Waals surface area (Å²) in [5, 5.41) is 20.6. The van der Waals surface area contributed by atoms with Crippen molar-refractivity contribution in [1.82, 2.24) is 21.1 Å². The van der Waals surface area contributed by atoms with E-state index >= 15 is 0 Å². The van der Waals surface area contributed by atoms with Gasteiger partial charge in [0.15, 0.2) is 5.84 Å². The van der Waals surface area contributed by atoms with Crippen LogP contribution in [0.1, 0.15) is 12.8 Å². The lowest BCUT2D eigenvalue weighted by atomic mass is 10.3. The topological polar surface area (TPSA) is 84.3 Å². The van der Waals surface area contributed by atoms with Gasteiger partial charge >= 0.3 is 0 Å². The summed E-state index contributed by atoms with van der Waals surface area (Å²) in [6, 6.07) is 0.537. The lowest BCUT2D eigenvalue weighted by Crippen LogP contribution is -2.29. The highest BCUT2D eigenvalue weighted by Crippen LogP contribution is 2.01. The molecule has 19 heavy (non-hydrogen) atoms. The highest BCUT2D eigenvalue weighted by Gasteiger charge is 2.08. The Bertz CT molecular complexity index is 286. The summed E-state index contributed by atoms with van der Waals surface area (Å²) < 4.78 is 0. The molecule has 0 aliphatic carbocycles. The molecule has 1 fully saturated rings. The van der Waals surface area contributed by atoms with Crippen LogP contribution in [0.25, 0.3) is 0 Å². The van der Waals surface area contributed by atoms with Crippen LogP contribution >= 0.6 is 12.2 Å². The maximum atomic E-state index is 8.38. The van der Waals surface area contributed by atoms with E-state index in [1.54, 1.807) is 0 Å². The first-order valence-electron chi connectivity index (χ1n) is 6.10. The van der Waals surface area contributed by atoms with Gasteiger partial charge in [0.1, 0.15) is 12.9 Å². The average molecular weight is 288 g/mol. The van der Waals surface area contributed by atoms with Crippen LogP contribution in [0.4, 0.5) is 0 Å². The van der Waals surface area contributed by atoms with E-state index in [2.05, 4.69) is 26.4 Å². The molecule has 0 aromatic carbocycles. The van der Waals surface area contributed by atoms with Crippen molar-refractivity contribution in [2.45, 2.75) is 18.9 Å². The van der Waals surface area contributed by atoms with Crippen molar-refractivity contribution in [2.75, 3.05) is 34.3 Å². The van der Waals surface area contributed by atoms with Gasteiger partial charge in [-0.2, -0.15) is 10.2 Å². The van der Waals surface area contributed by atoms with Crippen LogP contribution in [-0.4, -0.2) is 67.9 Å².